The highest BCUT2D eigenvalue weighted by molar-refractivity contribution is 6.08. The van der Waals surface area contributed by atoms with Crippen molar-refractivity contribution in [1.29, 1.82) is 0 Å². The lowest BCUT2D eigenvalue weighted by molar-refractivity contribution is -0.130. The van der Waals surface area contributed by atoms with Crippen molar-refractivity contribution in [3.05, 3.63) is 83.4 Å². The monoisotopic (exact) mass is 306 g/mol. The summed E-state index contributed by atoms with van der Waals surface area (Å²) in [6.07, 6.45) is 5.18. The standard InChI is InChI=1S/C20H18O3/c1-3-7-16-10-12-17(13-11-16)19(21)14-15(2)20(22)23-18-8-5-4-6-9-18/h3-14H,1-2H3/b7-3+,15-14?. The normalized spacial score (nSPS) is 11.5. The second kappa shape index (κ2) is 7.90. The number of ketones is 1. The first-order chi connectivity index (χ1) is 11.1. The van der Waals surface area contributed by atoms with Crippen LogP contribution in [-0.4, -0.2) is 11.8 Å². The highest BCUT2D eigenvalue weighted by Crippen LogP contribution is 2.12. The van der Waals surface area contributed by atoms with Crippen LogP contribution in [0.25, 0.3) is 6.08 Å². The van der Waals surface area contributed by atoms with Crippen LogP contribution in [0.1, 0.15) is 29.8 Å². The van der Waals surface area contributed by atoms with Crippen molar-refractivity contribution in [3.8, 4) is 5.75 Å². The number of rotatable bonds is 5. The van der Waals surface area contributed by atoms with Crippen LogP contribution in [0.15, 0.2) is 72.3 Å². The van der Waals surface area contributed by atoms with Crippen molar-refractivity contribution in [3.63, 3.8) is 0 Å². The Hall–Kier alpha value is -2.94. The molecule has 0 atom stereocenters. The molecule has 0 saturated carbocycles. The van der Waals surface area contributed by atoms with Crippen LogP contribution < -0.4 is 4.74 Å². The van der Waals surface area contributed by atoms with Gasteiger partial charge in [0, 0.05) is 11.1 Å². The maximum Gasteiger partial charge on any atom is 0.339 e. The van der Waals surface area contributed by atoms with E-state index in [1.807, 2.05) is 37.3 Å². The molecular weight excluding hydrogens is 288 g/mol. The van der Waals surface area contributed by atoms with Crippen molar-refractivity contribution >= 4 is 17.8 Å². The van der Waals surface area contributed by atoms with E-state index in [1.165, 1.54) is 6.08 Å². The first kappa shape index (κ1) is 16.4. The molecular formula is C20H18O3. The second-order valence-corrected chi connectivity index (χ2v) is 5.02. The third-order valence-corrected chi connectivity index (χ3v) is 3.18. The zero-order valence-corrected chi connectivity index (χ0v) is 13.2. The average Bonchev–Trinajstić information content (AvgIpc) is 2.56. The Morgan fingerprint density at radius 3 is 2.22 bits per heavy atom. The van der Waals surface area contributed by atoms with E-state index in [9.17, 15) is 9.59 Å². The summed E-state index contributed by atoms with van der Waals surface area (Å²) in [5.41, 5.74) is 1.81. The van der Waals surface area contributed by atoms with Gasteiger partial charge in [-0.15, -0.1) is 0 Å². The maximum atomic E-state index is 12.2. The number of esters is 1. The Kier molecular flexibility index (Phi) is 5.64. The summed E-state index contributed by atoms with van der Waals surface area (Å²) in [7, 11) is 0. The number of carbonyl (C=O) groups excluding carboxylic acids is 2. The summed E-state index contributed by atoms with van der Waals surface area (Å²) in [6.45, 7) is 3.50. The van der Waals surface area contributed by atoms with Crippen LogP contribution in [0, 0.1) is 0 Å². The third-order valence-electron chi connectivity index (χ3n) is 3.18. The van der Waals surface area contributed by atoms with Crippen molar-refractivity contribution in [2.75, 3.05) is 0 Å². The molecule has 0 radical (unpaired) electrons. The van der Waals surface area contributed by atoms with E-state index in [0.717, 1.165) is 5.56 Å². The highest BCUT2D eigenvalue weighted by Gasteiger charge is 2.10. The quantitative estimate of drug-likeness (QED) is 0.355. The van der Waals surface area contributed by atoms with Crippen LogP contribution >= 0.6 is 0 Å². The van der Waals surface area contributed by atoms with Crippen LogP contribution in [0.3, 0.4) is 0 Å². The van der Waals surface area contributed by atoms with Crippen LogP contribution in [0.4, 0.5) is 0 Å². The lowest BCUT2D eigenvalue weighted by Crippen LogP contribution is -2.10. The van der Waals surface area contributed by atoms with Crippen molar-refractivity contribution < 1.29 is 14.3 Å². The van der Waals surface area contributed by atoms with E-state index in [-0.39, 0.29) is 11.4 Å². The molecule has 2 rings (SSSR count). The summed E-state index contributed by atoms with van der Waals surface area (Å²) in [5, 5.41) is 0. The molecule has 0 saturated heterocycles. The van der Waals surface area contributed by atoms with Gasteiger partial charge in [-0.1, -0.05) is 54.6 Å². The number of para-hydroxylation sites is 1. The van der Waals surface area contributed by atoms with Crippen LogP contribution in [-0.2, 0) is 4.79 Å². The second-order valence-electron chi connectivity index (χ2n) is 5.02. The molecule has 0 spiro atoms. The first-order valence-electron chi connectivity index (χ1n) is 7.33. The van der Waals surface area contributed by atoms with Crippen molar-refractivity contribution in [1.82, 2.24) is 0 Å². The van der Waals surface area contributed by atoms with Gasteiger partial charge in [-0.25, -0.2) is 4.79 Å². The minimum atomic E-state index is -0.532. The van der Waals surface area contributed by atoms with Gasteiger partial charge >= 0.3 is 5.97 Å². The highest BCUT2D eigenvalue weighted by atomic mass is 16.5. The maximum absolute atomic E-state index is 12.2. The molecule has 3 nitrogen and oxygen atoms in total. The summed E-state index contributed by atoms with van der Waals surface area (Å²) in [4.78, 5) is 24.1. The van der Waals surface area contributed by atoms with E-state index < -0.39 is 5.97 Å². The molecule has 2 aromatic carbocycles. The Morgan fingerprint density at radius 1 is 0.957 bits per heavy atom. The number of hydrogen-bond donors (Lipinski definition) is 0. The molecule has 0 fully saturated rings. The van der Waals surface area contributed by atoms with Gasteiger partial charge in [0.1, 0.15) is 5.75 Å². The van der Waals surface area contributed by atoms with E-state index in [1.54, 1.807) is 43.3 Å². The van der Waals surface area contributed by atoms with E-state index in [2.05, 4.69) is 0 Å². The summed E-state index contributed by atoms with van der Waals surface area (Å²) < 4.78 is 5.20. The first-order valence-corrected chi connectivity index (χ1v) is 7.33. The molecule has 0 heterocycles. The van der Waals surface area contributed by atoms with Crippen LogP contribution in [0.2, 0.25) is 0 Å². The van der Waals surface area contributed by atoms with Crippen LogP contribution in [0.5, 0.6) is 5.75 Å². The fourth-order valence-electron chi connectivity index (χ4n) is 1.97. The number of ether oxygens (including phenoxy) is 1. The zero-order chi connectivity index (χ0) is 16.7. The summed E-state index contributed by atoms with van der Waals surface area (Å²) in [5.74, 6) is -0.303. The molecule has 0 aliphatic rings. The lowest BCUT2D eigenvalue weighted by atomic mass is 10.1. The van der Waals surface area contributed by atoms with E-state index in [4.69, 9.17) is 4.74 Å². The minimum Gasteiger partial charge on any atom is -0.423 e. The van der Waals surface area contributed by atoms with Crippen molar-refractivity contribution in [2.45, 2.75) is 13.8 Å². The number of hydrogen-bond acceptors (Lipinski definition) is 3. The van der Waals surface area contributed by atoms with Gasteiger partial charge in [0.25, 0.3) is 0 Å². The summed E-state index contributed by atoms with van der Waals surface area (Å²) >= 11 is 0. The van der Waals surface area contributed by atoms with Gasteiger partial charge in [-0.3, -0.25) is 4.79 Å². The molecule has 0 amide bonds. The molecule has 2 aromatic rings. The largest absolute Gasteiger partial charge is 0.423 e. The molecule has 23 heavy (non-hydrogen) atoms. The lowest BCUT2D eigenvalue weighted by Gasteiger charge is -2.04. The van der Waals surface area contributed by atoms with Gasteiger partial charge in [0.05, 0.1) is 0 Å². The van der Waals surface area contributed by atoms with Gasteiger partial charge in [-0.2, -0.15) is 0 Å². The van der Waals surface area contributed by atoms with E-state index >= 15 is 0 Å². The Morgan fingerprint density at radius 2 is 1.61 bits per heavy atom. The predicted molar refractivity (Wildman–Crippen MR) is 91.3 cm³/mol. The molecule has 3 heteroatoms. The number of allylic oxidation sites excluding steroid dienone is 2. The van der Waals surface area contributed by atoms with E-state index in [0.29, 0.717) is 11.3 Å². The Bertz CT molecular complexity index is 738. The fourth-order valence-corrected chi connectivity index (χ4v) is 1.97. The van der Waals surface area contributed by atoms with Gasteiger partial charge in [0.15, 0.2) is 5.78 Å². The SMILES string of the molecule is C/C=C/c1ccc(C(=O)C=C(C)C(=O)Oc2ccccc2)cc1. The molecule has 116 valence electrons. The van der Waals surface area contributed by atoms with Gasteiger partial charge in [0.2, 0.25) is 0 Å². The fraction of sp³-hybridized carbons (Fsp3) is 0.100. The predicted octanol–water partition coefficient (Wildman–Crippen LogP) is 4.45. The summed E-state index contributed by atoms with van der Waals surface area (Å²) in [6, 6.07) is 16.0. The molecule has 0 unspecified atom stereocenters. The number of benzene rings is 2. The Labute approximate surface area is 135 Å². The molecule has 0 bridgehead atoms. The van der Waals surface area contributed by atoms with Gasteiger partial charge < -0.3 is 4.74 Å². The molecule has 0 N–H and O–H groups in total. The average molecular weight is 306 g/mol. The zero-order valence-electron chi connectivity index (χ0n) is 13.2. The molecule has 0 aliphatic heterocycles. The van der Waals surface area contributed by atoms with Gasteiger partial charge in [-0.05, 0) is 37.6 Å². The molecule has 0 aliphatic carbocycles. The third kappa shape index (κ3) is 4.78. The smallest absolute Gasteiger partial charge is 0.339 e. The van der Waals surface area contributed by atoms with Crippen molar-refractivity contribution in [2.24, 2.45) is 0 Å². The number of carbonyl (C=O) groups is 2. The minimum absolute atomic E-state index is 0.223. The topological polar surface area (TPSA) is 43.4 Å². The molecule has 0 aromatic heterocycles. The Balaban J connectivity index is 2.07.